The number of halogens is 1. The third kappa shape index (κ3) is 4.78. The molecule has 0 saturated heterocycles. The first-order valence-electron chi connectivity index (χ1n) is 8.85. The highest BCUT2D eigenvalue weighted by Crippen LogP contribution is 2.21. The Morgan fingerprint density at radius 2 is 1.86 bits per heavy atom. The molecule has 2 aromatic carbocycles. The number of Topliss-reactive ketones (excluding diaryl/α,β-unsaturated/α-hetero) is 1. The third-order valence-electron chi connectivity index (χ3n) is 4.18. The molecule has 1 amide bonds. The maximum atomic E-state index is 13.6. The molecule has 0 aromatic heterocycles. The van der Waals surface area contributed by atoms with E-state index in [2.05, 4.69) is 10.6 Å². The summed E-state index contributed by atoms with van der Waals surface area (Å²) in [5.41, 5.74) is 0.990. The van der Waals surface area contributed by atoms with E-state index in [0.717, 1.165) is 0 Å². The minimum Gasteiger partial charge on any atom is -0.470 e. The first-order chi connectivity index (χ1) is 13.8. The van der Waals surface area contributed by atoms with Crippen molar-refractivity contribution < 1.29 is 28.2 Å². The van der Waals surface area contributed by atoms with Crippen molar-refractivity contribution in [3.63, 3.8) is 0 Å². The van der Waals surface area contributed by atoms with Crippen molar-refractivity contribution in [2.75, 3.05) is 17.2 Å². The average Bonchev–Trinajstić information content (AvgIpc) is 3.05. The van der Waals surface area contributed by atoms with Gasteiger partial charge in [0.25, 0.3) is 5.91 Å². The number of hydrogen-bond acceptors (Lipinski definition) is 6. The Kier molecular flexibility index (Phi) is 5.92. The van der Waals surface area contributed by atoms with Gasteiger partial charge in [-0.15, -0.1) is 0 Å². The Hall–Kier alpha value is -3.68. The number of hydrogen-bond donors (Lipinski definition) is 2. The van der Waals surface area contributed by atoms with Crippen molar-refractivity contribution in [1.82, 2.24) is 0 Å². The zero-order chi connectivity index (χ0) is 21.0. The molecule has 2 N–H and O–H groups in total. The van der Waals surface area contributed by atoms with Crippen molar-refractivity contribution in [3.8, 4) is 0 Å². The van der Waals surface area contributed by atoms with Gasteiger partial charge in [0.1, 0.15) is 5.82 Å². The topological polar surface area (TPSA) is 93.7 Å². The fraction of sp³-hybridized carbons (Fsp3) is 0.190. The van der Waals surface area contributed by atoms with Crippen LogP contribution in [0.3, 0.4) is 0 Å². The highest BCUT2D eigenvalue weighted by atomic mass is 19.1. The third-order valence-corrected chi connectivity index (χ3v) is 4.18. The monoisotopic (exact) mass is 398 g/mol. The summed E-state index contributed by atoms with van der Waals surface area (Å²) < 4.78 is 24.0. The second-order valence-electron chi connectivity index (χ2n) is 6.41. The number of rotatable bonds is 6. The van der Waals surface area contributed by atoms with E-state index in [0.29, 0.717) is 11.3 Å². The number of esters is 1. The second kappa shape index (κ2) is 8.55. The lowest BCUT2D eigenvalue weighted by molar-refractivity contribution is -0.150. The van der Waals surface area contributed by atoms with Crippen molar-refractivity contribution in [2.24, 2.45) is 0 Å². The maximum Gasteiger partial charge on any atom is 0.348 e. The highest BCUT2D eigenvalue weighted by Gasteiger charge is 2.34. The van der Waals surface area contributed by atoms with Crippen LogP contribution in [0, 0.1) is 12.7 Å². The van der Waals surface area contributed by atoms with Crippen LogP contribution < -0.4 is 10.6 Å². The number of benzene rings is 2. The molecule has 8 heteroatoms. The predicted octanol–water partition coefficient (Wildman–Crippen LogP) is 2.93. The molecule has 7 nitrogen and oxygen atoms in total. The van der Waals surface area contributed by atoms with E-state index in [9.17, 15) is 18.8 Å². The molecule has 0 aliphatic carbocycles. The van der Waals surface area contributed by atoms with Crippen LogP contribution in [0.1, 0.15) is 12.5 Å². The molecule has 0 unspecified atom stereocenters. The van der Waals surface area contributed by atoms with Crippen LogP contribution in [0.25, 0.3) is 0 Å². The van der Waals surface area contributed by atoms with Gasteiger partial charge < -0.3 is 20.1 Å². The van der Waals surface area contributed by atoms with Gasteiger partial charge in [0.05, 0.1) is 0 Å². The van der Waals surface area contributed by atoms with Gasteiger partial charge in [0, 0.05) is 11.4 Å². The molecule has 29 heavy (non-hydrogen) atoms. The summed E-state index contributed by atoms with van der Waals surface area (Å²) in [4.78, 5) is 36.8. The normalized spacial score (nSPS) is 14.2. The number of carbonyl (C=O) groups excluding carboxylic acids is 3. The minimum absolute atomic E-state index is 0.0283. The smallest absolute Gasteiger partial charge is 0.348 e. The zero-order valence-corrected chi connectivity index (χ0v) is 15.8. The van der Waals surface area contributed by atoms with Crippen LogP contribution in [0.4, 0.5) is 15.8 Å². The molecule has 150 valence electrons. The van der Waals surface area contributed by atoms with E-state index < -0.39 is 29.6 Å². The van der Waals surface area contributed by atoms with Gasteiger partial charge in [0.15, 0.2) is 18.3 Å². The molecule has 1 aliphatic rings. The molecule has 0 fully saturated rings. The average molecular weight is 398 g/mol. The van der Waals surface area contributed by atoms with Gasteiger partial charge in [-0.25, -0.2) is 9.18 Å². The van der Waals surface area contributed by atoms with Crippen LogP contribution in [-0.4, -0.2) is 30.4 Å². The Labute approximate surface area is 166 Å². The summed E-state index contributed by atoms with van der Waals surface area (Å²) in [7, 11) is 0. The molecular weight excluding hydrogens is 379 g/mol. The van der Waals surface area contributed by atoms with Crippen molar-refractivity contribution in [1.29, 1.82) is 0 Å². The zero-order valence-electron chi connectivity index (χ0n) is 15.8. The second-order valence-corrected chi connectivity index (χ2v) is 6.41. The van der Waals surface area contributed by atoms with Gasteiger partial charge >= 0.3 is 5.97 Å². The van der Waals surface area contributed by atoms with Crippen LogP contribution in [0.15, 0.2) is 60.0 Å². The lowest BCUT2D eigenvalue weighted by Crippen LogP contribution is -2.31. The quantitative estimate of drug-likeness (QED) is 0.574. The molecule has 1 atom stereocenters. The number of ketones is 1. The van der Waals surface area contributed by atoms with Crippen LogP contribution in [0.5, 0.6) is 0 Å². The Balaban J connectivity index is 1.68. The molecule has 1 heterocycles. The lowest BCUT2D eigenvalue weighted by Gasteiger charge is -2.14. The number of amides is 1. The summed E-state index contributed by atoms with van der Waals surface area (Å²) in [6, 6.07) is 13.1. The SMILES string of the molecule is Cc1ccc(NC(=O)[C@H](C)OC(=O)C2=C(Nc3ccccc3)OCC2=O)cc1F. The van der Waals surface area contributed by atoms with Crippen LogP contribution in [0.2, 0.25) is 0 Å². The molecule has 0 radical (unpaired) electrons. The predicted molar refractivity (Wildman–Crippen MR) is 103 cm³/mol. The first-order valence-corrected chi connectivity index (χ1v) is 8.85. The summed E-state index contributed by atoms with van der Waals surface area (Å²) in [5.74, 6) is -2.70. The summed E-state index contributed by atoms with van der Waals surface area (Å²) >= 11 is 0. The molecule has 3 rings (SSSR count). The number of aryl methyl sites for hydroxylation is 1. The largest absolute Gasteiger partial charge is 0.470 e. The van der Waals surface area contributed by atoms with Gasteiger partial charge in [0.2, 0.25) is 11.7 Å². The van der Waals surface area contributed by atoms with Crippen LogP contribution in [-0.2, 0) is 23.9 Å². The fourth-order valence-electron chi connectivity index (χ4n) is 2.55. The summed E-state index contributed by atoms with van der Waals surface area (Å²) in [6.07, 6.45) is -1.22. The maximum absolute atomic E-state index is 13.6. The van der Waals surface area contributed by atoms with Crippen molar-refractivity contribution >= 4 is 29.0 Å². The fourth-order valence-corrected chi connectivity index (χ4v) is 2.55. The Morgan fingerprint density at radius 3 is 2.55 bits per heavy atom. The first kappa shape index (κ1) is 20.1. The summed E-state index contributed by atoms with van der Waals surface area (Å²) in [5, 5.41) is 5.31. The number of ether oxygens (including phenoxy) is 2. The Morgan fingerprint density at radius 1 is 1.14 bits per heavy atom. The molecule has 1 aliphatic heterocycles. The number of anilines is 2. The molecule has 0 spiro atoms. The van der Waals surface area contributed by atoms with Gasteiger partial charge in [-0.05, 0) is 43.7 Å². The van der Waals surface area contributed by atoms with Crippen LogP contribution >= 0.6 is 0 Å². The van der Waals surface area contributed by atoms with Crippen molar-refractivity contribution in [2.45, 2.75) is 20.0 Å². The van der Waals surface area contributed by atoms with E-state index >= 15 is 0 Å². The Bertz CT molecular complexity index is 988. The molecule has 2 aromatic rings. The number of nitrogens with one attached hydrogen (secondary N) is 2. The summed E-state index contributed by atoms with van der Waals surface area (Å²) in [6.45, 7) is 2.65. The van der Waals surface area contributed by atoms with Crippen molar-refractivity contribution in [3.05, 3.63) is 71.4 Å². The number of carbonyl (C=O) groups is 3. The van der Waals surface area contributed by atoms with E-state index in [4.69, 9.17) is 9.47 Å². The standard InChI is InChI=1S/C21H19FN2O5/c1-12-8-9-15(10-16(12)22)23-19(26)13(2)29-21(27)18-17(25)11-28-20(18)24-14-6-4-3-5-7-14/h3-10,13,24H,11H2,1-2H3,(H,23,26)/t13-/m0/s1. The van der Waals surface area contributed by atoms with Gasteiger partial charge in [-0.1, -0.05) is 24.3 Å². The van der Waals surface area contributed by atoms with Gasteiger partial charge in [-0.3, -0.25) is 9.59 Å². The van der Waals surface area contributed by atoms with E-state index in [1.165, 1.54) is 25.1 Å². The minimum atomic E-state index is -1.22. The lowest BCUT2D eigenvalue weighted by atomic mass is 10.2. The van der Waals surface area contributed by atoms with E-state index in [1.807, 2.05) is 6.07 Å². The highest BCUT2D eigenvalue weighted by molar-refractivity contribution is 6.20. The number of para-hydroxylation sites is 1. The molecule has 0 saturated carbocycles. The van der Waals surface area contributed by atoms with E-state index in [-0.39, 0.29) is 23.8 Å². The molecular formula is C21H19FN2O5. The van der Waals surface area contributed by atoms with Gasteiger partial charge in [-0.2, -0.15) is 0 Å². The molecule has 0 bridgehead atoms. The van der Waals surface area contributed by atoms with E-state index in [1.54, 1.807) is 31.2 Å².